The molecule has 0 radical (unpaired) electrons. The minimum absolute atomic E-state index is 0.632. The number of aliphatic imine (C=N–C) groups is 1. The van der Waals surface area contributed by atoms with Crippen LogP contribution in [0.1, 0.15) is 0 Å². The summed E-state index contributed by atoms with van der Waals surface area (Å²) in [5.41, 5.74) is 0.859. The molecule has 0 unspecified atom stereocenters. The topological polar surface area (TPSA) is 37.1 Å². The van der Waals surface area contributed by atoms with E-state index in [1.807, 2.05) is 0 Å². The van der Waals surface area contributed by atoms with E-state index in [1.165, 1.54) is 0 Å². The molecule has 0 saturated carbocycles. The average Bonchev–Trinajstić information content (AvgIpc) is 2.36. The fourth-order valence-electron chi connectivity index (χ4n) is 0.787. The molecule has 3 nitrogen and oxygen atoms in total. The second kappa shape index (κ2) is 1.91. The van der Waals surface area contributed by atoms with Crippen LogP contribution in [0.25, 0.3) is 0 Å². The zero-order valence-electron chi connectivity index (χ0n) is 4.98. The van der Waals surface area contributed by atoms with Crippen molar-refractivity contribution in [3.8, 4) is 0 Å². The van der Waals surface area contributed by atoms with Crippen LogP contribution in [-0.2, 0) is 0 Å². The van der Waals surface area contributed by atoms with E-state index in [0.717, 1.165) is 10.4 Å². The average molecular weight is 149 g/mol. The highest BCUT2D eigenvalue weighted by Crippen LogP contribution is 2.15. The lowest BCUT2D eigenvalue weighted by Gasteiger charge is -2.00. The van der Waals surface area contributed by atoms with Crippen molar-refractivity contribution < 1.29 is 0 Å². The molecule has 0 aromatic rings. The first-order valence-corrected chi connectivity index (χ1v) is 3.19. The van der Waals surface area contributed by atoms with Crippen LogP contribution in [0, 0.1) is 0 Å². The third-order valence-corrected chi connectivity index (χ3v) is 1.62. The molecule has 0 fully saturated rings. The Balaban J connectivity index is 2.54. The van der Waals surface area contributed by atoms with Gasteiger partial charge in [-0.1, -0.05) is 12.2 Å². The van der Waals surface area contributed by atoms with Gasteiger partial charge in [0.1, 0.15) is 0 Å². The second-order valence-electron chi connectivity index (χ2n) is 1.89. The lowest BCUT2D eigenvalue weighted by atomic mass is 10.1. The van der Waals surface area contributed by atoms with Crippen molar-refractivity contribution in [1.82, 2.24) is 0 Å². The number of azo groups is 1. The fraction of sp³-hybridized carbons (Fsp3) is 0. The summed E-state index contributed by atoms with van der Waals surface area (Å²) >= 11 is 4.99. The highest BCUT2D eigenvalue weighted by Gasteiger charge is 2.16. The highest BCUT2D eigenvalue weighted by atomic mass is 32.1. The SMILES string of the molecule is S=C1C=CN=C2N=NC=C12. The Bertz CT molecular complexity index is 303. The third kappa shape index (κ3) is 0.657. The maximum absolute atomic E-state index is 4.99. The number of hydrogen-bond acceptors (Lipinski definition) is 4. The fourth-order valence-corrected chi connectivity index (χ4v) is 0.992. The van der Waals surface area contributed by atoms with Gasteiger partial charge in [-0.3, -0.25) is 0 Å². The van der Waals surface area contributed by atoms with Gasteiger partial charge in [0.05, 0.1) is 16.6 Å². The second-order valence-corrected chi connectivity index (χ2v) is 2.33. The van der Waals surface area contributed by atoms with E-state index in [-0.39, 0.29) is 0 Å². The first-order valence-electron chi connectivity index (χ1n) is 2.78. The Morgan fingerprint density at radius 1 is 1.40 bits per heavy atom. The minimum Gasteiger partial charge on any atom is -0.235 e. The minimum atomic E-state index is 0.632. The molecule has 0 spiro atoms. The van der Waals surface area contributed by atoms with Crippen LogP contribution in [0.3, 0.4) is 0 Å². The molecule has 2 heterocycles. The summed E-state index contributed by atoms with van der Waals surface area (Å²) < 4.78 is 0. The van der Waals surface area contributed by atoms with Crippen molar-refractivity contribution in [2.75, 3.05) is 0 Å². The standard InChI is InChI=1S/C6H3N3S/c10-5-1-2-7-6-4(5)3-8-9-6/h1-3H. The van der Waals surface area contributed by atoms with Crippen LogP contribution in [0.15, 0.2) is 39.3 Å². The van der Waals surface area contributed by atoms with E-state index in [1.54, 1.807) is 18.5 Å². The molecule has 2 aliphatic rings. The molecule has 4 heteroatoms. The summed E-state index contributed by atoms with van der Waals surface area (Å²) in [5, 5.41) is 7.43. The van der Waals surface area contributed by atoms with E-state index in [9.17, 15) is 0 Å². The van der Waals surface area contributed by atoms with Gasteiger partial charge in [-0.25, -0.2) is 4.99 Å². The Kier molecular flexibility index (Phi) is 1.07. The molecular formula is C6H3N3S. The molecule has 0 bridgehead atoms. The summed E-state index contributed by atoms with van der Waals surface area (Å²) in [4.78, 5) is 4.72. The highest BCUT2D eigenvalue weighted by molar-refractivity contribution is 7.81. The molecule has 0 amide bonds. The van der Waals surface area contributed by atoms with Crippen LogP contribution in [-0.4, -0.2) is 10.7 Å². The summed E-state index contributed by atoms with van der Waals surface area (Å²) in [6.07, 6.45) is 5.03. The first kappa shape index (κ1) is 5.61. The lowest BCUT2D eigenvalue weighted by Crippen LogP contribution is -2.06. The van der Waals surface area contributed by atoms with Gasteiger partial charge in [0.25, 0.3) is 0 Å². The Morgan fingerprint density at radius 2 is 2.30 bits per heavy atom. The normalized spacial score (nSPS) is 20.6. The van der Waals surface area contributed by atoms with E-state index < -0.39 is 0 Å². The number of allylic oxidation sites excluding steroid dienone is 1. The Labute approximate surface area is 62.9 Å². The van der Waals surface area contributed by atoms with Crippen molar-refractivity contribution in [1.29, 1.82) is 0 Å². The molecule has 0 saturated heterocycles. The largest absolute Gasteiger partial charge is 0.235 e. The van der Waals surface area contributed by atoms with Crippen LogP contribution < -0.4 is 0 Å². The monoisotopic (exact) mass is 149 g/mol. The van der Waals surface area contributed by atoms with E-state index in [4.69, 9.17) is 12.2 Å². The number of amidine groups is 1. The predicted molar refractivity (Wildman–Crippen MR) is 42.1 cm³/mol. The number of nitrogens with zero attached hydrogens (tertiary/aromatic N) is 3. The smallest absolute Gasteiger partial charge is 0.184 e. The maximum Gasteiger partial charge on any atom is 0.184 e. The van der Waals surface area contributed by atoms with Crippen molar-refractivity contribution >= 4 is 22.9 Å². The van der Waals surface area contributed by atoms with E-state index in [2.05, 4.69) is 15.2 Å². The van der Waals surface area contributed by atoms with Crippen molar-refractivity contribution in [3.05, 3.63) is 24.0 Å². The van der Waals surface area contributed by atoms with E-state index >= 15 is 0 Å². The third-order valence-electron chi connectivity index (χ3n) is 1.27. The van der Waals surface area contributed by atoms with Crippen molar-refractivity contribution in [2.45, 2.75) is 0 Å². The van der Waals surface area contributed by atoms with Gasteiger partial charge in [0.15, 0.2) is 5.84 Å². The Hall–Kier alpha value is -1.16. The van der Waals surface area contributed by atoms with Crippen LogP contribution in [0.4, 0.5) is 0 Å². The maximum atomic E-state index is 4.99. The van der Waals surface area contributed by atoms with E-state index in [0.29, 0.717) is 5.84 Å². The molecule has 0 aromatic heterocycles. The van der Waals surface area contributed by atoms with Crippen molar-refractivity contribution in [3.63, 3.8) is 0 Å². The zero-order chi connectivity index (χ0) is 6.97. The van der Waals surface area contributed by atoms with Gasteiger partial charge >= 0.3 is 0 Å². The van der Waals surface area contributed by atoms with Crippen LogP contribution >= 0.6 is 12.2 Å². The molecule has 0 N–H and O–H groups in total. The first-order chi connectivity index (χ1) is 4.88. The molecule has 0 atom stereocenters. The Morgan fingerprint density at radius 3 is 3.10 bits per heavy atom. The van der Waals surface area contributed by atoms with Gasteiger partial charge in [-0.2, -0.15) is 5.11 Å². The number of hydrogen-bond donors (Lipinski definition) is 0. The number of rotatable bonds is 0. The summed E-state index contributed by atoms with van der Waals surface area (Å²) in [6.45, 7) is 0. The molecule has 10 heavy (non-hydrogen) atoms. The summed E-state index contributed by atoms with van der Waals surface area (Å²) in [6, 6.07) is 0. The number of thiocarbonyl (C=S) groups is 1. The molecule has 48 valence electrons. The van der Waals surface area contributed by atoms with Crippen LogP contribution in [0.5, 0.6) is 0 Å². The van der Waals surface area contributed by atoms with Gasteiger partial charge in [-0.05, 0) is 6.08 Å². The molecular weight excluding hydrogens is 146 g/mol. The quantitative estimate of drug-likeness (QED) is 0.482. The lowest BCUT2D eigenvalue weighted by molar-refractivity contribution is 1.32. The summed E-state index contributed by atoms with van der Waals surface area (Å²) in [7, 11) is 0. The zero-order valence-corrected chi connectivity index (χ0v) is 5.80. The van der Waals surface area contributed by atoms with Gasteiger partial charge in [0.2, 0.25) is 0 Å². The van der Waals surface area contributed by atoms with Gasteiger partial charge in [0, 0.05) is 6.20 Å². The van der Waals surface area contributed by atoms with Gasteiger partial charge < -0.3 is 0 Å². The molecule has 0 aromatic carbocycles. The van der Waals surface area contributed by atoms with Crippen molar-refractivity contribution in [2.24, 2.45) is 15.2 Å². The van der Waals surface area contributed by atoms with Crippen LogP contribution in [0.2, 0.25) is 0 Å². The molecule has 2 aliphatic heterocycles. The molecule has 0 aliphatic carbocycles. The predicted octanol–water partition coefficient (Wildman–Crippen LogP) is 1.63. The number of fused-ring (bicyclic) bond motifs is 1. The molecule has 2 rings (SSSR count). The summed E-state index contributed by atoms with van der Waals surface area (Å²) in [5.74, 6) is 0.632. The van der Waals surface area contributed by atoms with Gasteiger partial charge in [-0.15, -0.1) is 5.11 Å².